The highest BCUT2D eigenvalue weighted by Crippen LogP contribution is 2.56. The van der Waals surface area contributed by atoms with Crippen LogP contribution in [0.4, 0.5) is 4.79 Å². The fourth-order valence-electron chi connectivity index (χ4n) is 2.74. The van der Waals surface area contributed by atoms with Gasteiger partial charge in [0.15, 0.2) is 0 Å². The molecule has 0 aromatic rings. The Kier molecular flexibility index (Phi) is 2.89. The van der Waals surface area contributed by atoms with Gasteiger partial charge in [0.2, 0.25) is 0 Å². The Labute approximate surface area is 97.9 Å². The smallest absolute Gasteiger partial charge is 0.407 e. The number of rotatable bonds is 1. The van der Waals surface area contributed by atoms with E-state index in [0.717, 1.165) is 6.42 Å². The standard InChI is InChI=1S/C13H23NO2/c1-12(2,3)16-11(15)14-10-6-4-5-7-13(10)8-9-13/h10H,4-9H2,1-3H3,(H,14,15)/t10-/m0/s1. The van der Waals surface area contributed by atoms with Gasteiger partial charge < -0.3 is 10.1 Å². The third-order valence-electron chi connectivity index (χ3n) is 3.74. The molecule has 1 amide bonds. The molecular formula is C13H23NO2. The zero-order valence-corrected chi connectivity index (χ0v) is 10.6. The van der Waals surface area contributed by atoms with Crippen LogP contribution in [0.5, 0.6) is 0 Å². The summed E-state index contributed by atoms with van der Waals surface area (Å²) >= 11 is 0. The Morgan fingerprint density at radius 2 is 1.94 bits per heavy atom. The van der Waals surface area contributed by atoms with Gasteiger partial charge in [-0.15, -0.1) is 0 Å². The highest BCUT2D eigenvalue weighted by molar-refractivity contribution is 5.68. The lowest BCUT2D eigenvalue weighted by Crippen LogP contribution is -2.45. The first-order valence-electron chi connectivity index (χ1n) is 6.41. The first-order valence-corrected chi connectivity index (χ1v) is 6.41. The number of nitrogens with one attached hydrogen (secondary N) is 1. The molecule has 0 bridgehead atoms. The van der Waals surface area contributed by atoms with Crippen molar-refractivity contribution in [3.8, 4) is 0 Å². The van der Waals surface area contributed by atoms with Gasteiger partial charge in [0, 0.05) is 6.04 Å². The first kappa shape index (κ1) is 11.7. The average Bonchev–Trinajstić information content (AvgIpc) is 2.87. The van der Waals surface area contributed by atoms with Crippen molar-refractivity contribution in [3.63, 3.8) is 0 Å². The fourth-order valence-corrected chi connectivity index (χ4v) is 2.74. The normalized spacial score (nSPS) is 27.6. The molecule has 0 unspecified atom stereocenters. The number of carbonyl (C=O) groups is 1. The second kappa shape index (κ2) is 3.94. The largest absolute Gasteiger partial charge is 0.444 e. The van der Waals surface area contributed by atoms with Gasteiger partial charge in [0.25, 0.3) is 0 Å². The fraction of sp³-hybridized carbons (Fsp3) is 0.923. The Bertz CT molecular complexity index is 276. The maximum Gasteiger partial charge on any atom is 0.407 e. The summed E-state index contributed by atoms with van der Waals surface area (Å²) in [5.74, 6) is 0. The van der Waals surface area contributed by atoms with Crippen LogP contribution in [0.1, 0.15) is 59.3 Å². The van der Waals surface area contributed by atoms with Gasteiger partial charge in [-0.2, -0.15) is 0 Å². The van der Waals surface area contributed by atoms with Crippen molar-refractivity contribution >= 4 is 6.09 Å². The highest BCUT2D eigenvalue weighted by Gasteiger charge is 2.50. The minimum atomic E-state index is -0.393. The number of amides is 1. The van der Waals surface area contributed by atoms with Crippen molar-refractivity contribution in [1.82, 2.24) is 5.32 Å². The number of hydrogen-bond acceptors (Lipinski definition) is 2. The molecule has 0 saturated heterocycles. The minimum Gasteiger partial charge on any atom is -0.444 e. The Hall–Kier alpha value is -0.730. The summed E-state index contributed by atoms with van der Waals surface area (Å²) < 4.78 is 5.31. The Morgan fingerprint density at radius 1 is 1.25 bits per heavy atom. The lowest BCUT2D eigenvalue weighted by Gasteiger charge is -2.33. The van der Waals surface area contributed by atoms with Crippen LogP contribution in [-0.2, 0) is 4.74 Å². The molecule has 1 N–H and O–H groups in total. The van der Waals surface area contributed by atoms with Crippen LogP contribution in [-0.4, -0.2) is 17.7 Å². The molecule has 1 spiro atoms. The zero-order valence-electron chi connectivity index (χ0n) is 10.6. The number of alkyl carbamates (subject to hydrolysis) is 1. The summed E-state index contributed by atoms with van der Waals surface area (Å²) in [4.78, 5) is 11.7. The minimum absolute atomic E-state index is 0.245. The number of ether oxygens (including phenoxy) is 1. The highest BCUT2D eigenvalue weighted by atomic mass is 16.6. The van der Waals surface area contributed by atoms with E-state index in [1.807, 2.05) is 20.8 Å². The molecule has 16 heavy (non-hydrogen) atoms. The molecule has 92 valence electrons. The topological polar surface area (TPSA) is 38.3 Å². The summed E-state index contributed by atoms with van der Waals surface area (Å²) in [5, 5.41) is 3.07. The van der Waals surface area contributed by atoms with Gasteiger partial charge in [-0.05, 0) is 51.9 Å². The van der Waals surface area contributed by atoms with E-state index in [-0.39, 0.29) is 6.09 Å². The quantitative estimate of drug-likeness (QED) is 0.744. The van der Waals surface area contributed by atoms with Gasteiger partial charge in [0.05, 0.1) is 0 Å². The van der Waals surface area contributed by atoms with Gasteiger partial charge in [0.1, 0.15) is 5.60 Å². The molecule has 0 aliphatic heterocycles. The maximum atomic E-state index is 11.7. The summed E-state index contributed by atoms with van der Waals surface area (Å²) in [6, 6.07) is 0.357. The molecule has 0 heterocycles. The van der Waals surface area contributed by atoms with Crippen LogP contribution in [0, 0.1) is 5.41 Å². The molecular weight excluding hydrogens is 202 g/mol. The SMILES string of the molecule is CC(C)(C)OC(=O)N[C@H]1CCCCC12CC2. The van der Waals surface area contributed by atoms with Crippen LogP contribution in [0.25, 0.3) is 0 Å². The molecule has 0 aromatic heterocycles. The van der Waals surface area contributed by atoms with E-state index in [1.165, 1.54) is 32.1 Å². The predicted octanol–water partition coefficient (Wildman–Crippen LogP) is 3.23. The van der Waals surface area contributed by atoms with E-state index in [1.54, 1.807) is 0 Å². The van der Waals surface area contributed by atoms with E-state index in [0.29, 0.717) is 11.5 Å². The van der Waals surface area contributed by atoms with Crippen LogP contribution in [0.15, 0.2) is 0 Å². The van der Waals surface area contributed by atoms with Crippen molar-refractivity contribution in [2.75, 3.05) is 0 Å². The van der Waals surface area contributed by atoms with Crippen LogP contribution < -0.4 is 5.32 Å². The zero-order chi connectivity index (χ0) is 11.8. The lowest BCUT2D eigenvalue weighted by molar-refractivity contribution is 0.0459. The van der Waals surface area contributed by atoms with Crippen LogP contribution in [0.2, 0.25) is 0 Å². The van der Waals surface area contributed by atoms with E-state index in [9.17, 15) is 4.79 Å². The average molecular weight is 225 g/mol. The van der Waals surface area contributed by atoms with Crippen molar-refractivity contribution < 1.29 is 9.53 Å². The van der Waals surface area contributed by atoms with Gasteiger partial charge in [-0.25, -0.2) is 4.79 Å². The number of carbonyl (C=O) groups excluding carboxylic acids is 1. The Morgan fingerprint density at radius 3 is 2.50 bits per heavy atom. The summed E-state index contributed by atoms with van der Waals surface area (Å²) in [6.07, 6.45) is 7.30. The van der Waals surface area contributed by atoms with Gasteiger partial charge in [-0.1, -0.05) is 12.8 Å². The monoisotopic (exact) mass is 225 g/mol. The summed E-state index contributed by atoms with van der Waals surface area (Å²) in [6.45, 7) is 5.71. The third kappa shape index (κ3) is 2.69. The van der Waals surface area contributed by atoms with Crippen molar-refractivity contribution in [3.05, 3.63) is 0 Å². The van der Waals surface area contributed by atoms with E-state index >= 15 is 0 Å². The predicted molar refractivity (Wildman–Crippen MR) is 63.3 cm³/mol. The maximum absolute atomic E-state index is 11.7. The molecule has 3 heteroatoms. The van der Waals surface area contributed by atoms with Crippen LogP contribution >= 0.6 is 0 Å². The van der Waals surface area contributed by atoms with Gasteiger partial charge in [-0.3, -0.25) is 0 Å². The van der Waals surface area contributed by atoms with Gasteiger partial charge >= 0.3 is 6.09 Å². The first-order chi connectivity index (χ1) is 7.41. The molecule has 1 atom stereocenters. The van der Waals surface area contributed by atoms with Crippen molar-refractivity contribution in [1.29, 1.82) is 0 Å². The van der Waals surface area contributed by atoms with Crippen LogP contribution in [0.3, 0.4) is 0 Å². The second-order valence-electron chi connectivity index (χ2n) is 6.31. The molecule has 2 aliphatic carbocycles. The molecule has 2 rings (SSSR count). The third-order valence-corrected chi connectivity index (χ3v) is 3.74. The summed E-state index contributed by atoms with van der Waals surface area (Å²) in [5.41, 5.74) is 0.0462. The van der Waals surface area contributed by atoms with E-state index in [4.69, 9.17) is 4.74 Å². The van der Waals surface area contributed by atoms with E-state index in [2.05, 4.69) is 5.32 Å². The second-order valence-corrected chi connectivity index (χ2v) is 6.31. The lowest BCUT2D eigenvalue weighted by atomic mass is 9.82. The molecule has 0 aromatic carbocycles. The van der Waals surface area contributed by atoms with Crippen molar-refractivity contribution in [2.45, 2.75) is 70.9 Å². The molecule has 3 nitrogen and oxygen atoms in total. The Balaban J connectivity index is 1.86. The van der Waals surface area contributed by atoms with E-state index < -0.39 is 5.60 Å². The molecule has 2 saturated carbocycles. The molecule has 0 radical (unpaired) electrons. The number of hydrogen-bond donors (Lipinski definition) is 1. The molecule has 2 fully saturated rings. The molecule has 2 aliphatic rings. The summed E-state index contributed by atoms with van der Waals surface area (Å²) in [7, 11) is 0. The van der Waals surface area contributed by atoms with Crippen molar-refractivity contribution in [2.24, 2.45) is 5.41 Å².